The quantitative estimate of drug-likeness (QED) is 0.494. The second kappa shape index (κ2) is 13.4. The van der Waals surface area contributed by atoms with Crippen molar-refractivity contribution in [2.24, 2.45) is 11.8 Å². The summed E-state index contributed by atoms with van der Waals surface area (Å²) in [5.41, 5.74) is 0. The Kier molecular flexibility index (Phi) is 17.3. The van der Waals surface area contributed by atoms with E-state index in [9.17, 15) is 19.8 Å². The van der Waals surface area contributed by atoms with E-state index < -0.39 is 24.1 Å². The van der Waals surface area contributed by atoms with E-state index in [2.05, 4.69) is 0 Å². The molecule has 0 fully saturated rings. The summed E-state index contributed by atoms with van der Waals surface area (Å²) in [4.78, 5) is 19.7. The molecule has 2 atom stereocenters. The van der Waals surface area contributed by atoms with Crippen molar-refractivity contribution in [1.82, 2.24) is 0 Å². The maximum Gasteiger partial charge on any atom is 2.00 e. The Hall–Kier alpha value is 0.431. The van der Waals surface area contributed by atoms with Gasteiger partial charge in [0.05, 0.1) is 24.1 Å². The van der Waals surface area contributed by atoms with E-state index in [1.165, 1.54) is 0 Å². The van der Waals surface area contributed by atoms with Crippen molar-refractivity contribution in [2.45, 2.75) is 52.7 Å². The molecule has 0 bridgehead atoms. The van der Waals surface area contributed by atoms with Crippen molar-refractivity contribution in [3.05, 3.63) is 0 Å². The fourth-order valence-electron chi connectivity index (χ4n) is 1.09. The van der Waals surface area contributed by atoms with Crippen molar-refractivity contribution < 1.29 is 30.0 Å². The summed E-state index contributed by atoms with van der Waals surface area (Å²) in [5, 5.41) is 37.0. The average Bonchev–Trinajstić information content (AvgIpc) is 2.16. The number of carboxylic acids is 2. The van der Waals surface area contributed by atoms with Crippen molar-refractivity contribution in [3.63, 3.8) is 0 Å². The Labute approximate surface area is 154 Å². The number of carbonyl (C=O) groups excluding carboxylic acids is 2. The molecule has 0 heterocycles. The minimum Gasteiger partial charge on any atom is -0.547 e. The Balaban J connectivity index is -0.000000256. The second-order valence-electron chi connectivity index (χ2n) is 4.93. The minimum absolute atomic E-state index is 0. The van der Waals surface area contributed by atoms with Crippen LogP contribution in [-0.4, -0.2) is 83.2 Å². The van der Waals surface area contributed by atoms with Crippen molar-refractivity contribution >= 4 is 60.8 Å². The largest absolute Gasteiger partial charge is 2.00 e. The monoisotopic (exact) mass is 400 g/mol. The van der Waals surface area contributed by atoms with Gasteiger partial charge in [0.25, 0.3) is 0 Å². The fourth-order valence-corrected chi connectivity index (χ4v) is 1.09. The van der Waals surface area contributed by atoms with E-state index in [-0.39, 0.29) is 73.6 Å². The summed E-state index contributed by atoms with van der Waals surface area (Å²) in [7, 11) is 0. The number of rotatable bonds is 6. The van der Waals surface area contributed by atoms with Crippen LogP contribution in [0.3, 0.4) is 0 Å². The molecule has 0 aliphatic heterocycles. The van der Waals surface area contributed by atoms with E-state index in [0.717, 1.165) is 0 Å². The van der Waals surface area contributed by atoms with E-state index in [1.54, 1.807) is 0 Å². The van der Waals surface area contributed by atoms with Crippen molar-refractivity contribution in [2.75, 3.05) is 0 Å². The number of aliphatic hydroxyl groups is 2. The molecule has 0 aliphatic carbocycles. The van der Waals surface area contributed by atoms with Crippen LogP contribution in [0.4, 0.5) is 0 Å². The molecule has 0 aromatic carbocycles. The van der Waals surface area contributed by atoms with Crippen LogP contribution < -0.4 is 10.2 Å². The van der Waals surface area contributed by atoms with Crippen LogP contribution >= 0.6 is 0 Å². The summed E-state index contributed by atoms with van der Waals surface area (Å²) in [6.07, 6.45) is -2.07. The van der Waals surface area contributed by atoms with Gasteiger partial charge in [0, 0.05) is 0 Å². The molecule has 0 radical (unpaired) electrons. The molecule has 0 aromatic heterocycles. The van der Waals surface area contributed by atoms with Crippen molar-refractivity contribution in [3.8, 4) is 0 Å². The summed E-state index contributed by atoms with van der Waals surface area (Å²) >= 11 is 0. The van der Waals surface area contributed by atoms with Gasteiger partial charge in [-0.25, -0.2) is 0 Å². The third-order valence-corrected chi connectivity index (χ3v) is 1.93. The normalized spacial score (nSPS) is 13.1. The molecular formula is C12H22BaO6. The van der Waals surface area contributed by atoms with E-state index in [0.29, 0.717) is 0 Å². The van der Waals surface area contributed by atoms with Gasteiger partial charge in [-0.05, 0) is 24.7 Å². The zero-order chi connectivity index (χ0) is 14.9. The van der Waals surface area contributed by atoms with Crippen LogP contribution in [0, 0.1) is 11.8 Å². The van der Waals surface area contributed by atoms with Crippen LogP contribution in [0.15, 0.2) is 0 Å². The average molecular weight is 400 g/mol. The molecular weight excluding hydrogens is 377 g/mol. The first-order valence-electron chi connectivity index (χ1n) is 5.85. The zero-order valence-electron chi connectivity index (χ0n) is 12.0. The van der Waals surface area contributed by atoms with Crippen LogP contribution in [0.25, 0.3) is 0 Å². The summed E-state index contributed by atoms with van der Waals surface area (Å²) < 4.78 is 0. The van der Waals surface area contributed by atoms with Crippen molar-refractivity contribution in [1.29, 1.82) is 0 Å². The maximum absolute atomic E-state index is 9.87. The maximum atomic E-state index is 9.87. The molecule has 0 rings (SSSR count). The Morgan fingerprint density at radius 1 is 0.842 bits per heavy atom. The molecule has 0 spiro atoms. The summed E-state index contributed by atoms with van der Waals surface area (Å²) in [5.74, 6) is -2.39. The van der Waals surface area contributed by atoms with E-state index in [1.807, 2.05) is 27.7 Å². The van der Waals surface area contributed by atoms with Crippen LogP contribution in [-0.2, 0) is 9.59 Å². The third kappa shape index (κ3) is 18.4. The van der Waals surface area contributed by atoms with Gasteiger partial charge < -0.3 is 30.0 Å². The Bertz CT molecular complexity index is 229. The molecule has 0 saturated heterocycles. The smallest absolute Gasteiger partial charge is 0.547 e. The second-order valence-corrected chi connectivity index (χ2v) is 4.93. The third-order valence-electron chi connectivity index (χ3n) is 1.93. The van der Waals surface area contributed by atoms with Gasteiger partial charge >= 0.3 is 48.9 Å². The first-order chi connectivity index (χ1) is 8.07. The fraction of sp³-hybridized carbons (Fsp3) is 0.833. The molecule has 108 valence electrons. The predicted octanol–water partition coefficient (Wildman–Crippen LogP) is -2.09. The van der Waals surface area contributed by atoms with Crippen LogP contribution in [0.1, 0.15) is 40.5 Å². The van der Waals surface area contributed by atoms with Gasteiger partial charge in [-0.15, -0.1) is 0 Å². The molecule has 7 heteroatoms. The molecule has 0 aliphatic rings. The molecule has 2 N–H and O–H groups in total. The molecule has 0 aromatic rings. The first-order valence-corrected chi connectivity index (χ1v) is 5.85. The van der Waals surface area contributed by atoms with Gasteiger partial charge in [-0.1, -0.05) is 27.7 Å². The van der Waals surface area contributed by atoms with Gasteiger partial charge in [-0.2, -0.15) is 0 Å². The Morgan fingerprint density at radius 2 is 1.05 bits per heavy atom. The van der Waals surface area contributed by atoms with Gasteiger partial charge in [0.2, 0.25) is 0 Å². The number of hydrogen-bond donors (Lipinski definition) is 2. The van der Waals surface area contributed by atoms with E-state index in [4.69, 9.17) is 10.2 Å². The number of carboxylic acid groups (broad SMARTS) is 2. The topological polar surface area (TPSA) is 121 Å². The number of aliphatic carboxylic acids is 2. The molecule has 6 nitrogen and oxygen atoms in total. The molecule has 0 amide bonds. The van der Waals surface area contributed by atoms with Gasteiger partial charge in [0.1, 0.15) is 0 Å². The SMILES string of the molecule is CC(C)C[C@H](O)C(=O)[O-].CC(C)C[C@H](O)C(=O)[O-].[Ba+2]. The van der Waals surface area contributed by atoms with Crippen LogP contribution in [0.2, 0.25) is 0 Å². The zero-order valence-corrected chi connectivity index (χ0v) is 16.4. The van der Waals surface area contributed by atoms with Crippen LogP contribution in [0.5, 0.6) is 0 Å². The first kappa shape index (κ1) is 24.4. The van der Waals surface area contributed by atoms with E-state index >= 15 is 0 Å². The number of carbonyl (C=O) groups is 2. The minimum atomic E-state index is -1.39. The standard InChI is InChI=1S/2C6H12O3.Ba/c2*1-4(2)3-5(7)6(8)9;/h2*4-5,7H,3H2,1-2H3,(H,8,9);/q;;+2/p-2/t2*5-;/m00./s1. The number of aliphatic hydroxyl groups excluding tert-OH is 2. The summed E-state index contributed by atoms with van der Waals surface area (Å²) in [6.45, 7) is 7.36. The molecule has 19 heavy (non-hydrogen) atoms. The molecule has 0 unspecified atom stereocenters. The number of hydrogen-bond acceptors (Lipinski definition) is 6. The summed E-state index contributed by atoms with van der Waals surface area (Å²) in [6, 6.07) is 0. The predicted molar refractivity (Wildman–Crippen MR) is 66.7 cm³/mol. The Morgan fingerprint density at radius 3 is 1.11 bits per heavy atom. The molecule has 0 saturated carbocycles. The van der Waals surface area contributed by atoms with Gasteiger partial charge in [-0.3, -0.25) is 0 Å². The van der Waals surface area contributed by atoms with Gasteiger partial charge in [0.15, 0.2) is 0 Å².